The molecule has 2 aromatic carbocycles. The van der Waals surface area contributed by atoms with Crippen LogP contribution in [-0.4, -0.2) is 55.4 Å². The molecule has 0 radical (unpaired) electrons. The minimum atomic E-state index is -4.01. The standard InChI is InChI=1S/C24H25ClN4O6S/c1-24(2,16-7-5-6-8-19(16)35-12-11-33-3)36(31,32)15-9-10-17(25)18(13-15)29-21-20(28-23(29)30)22(34-4)27-14-26-21/h5-10,13-14H,11-12H2,1-4H3,(H,28,30). The Kier molecular flexibility index (Phi) is 7.07. The van der Waals surface area contributed by atoms with Gasteiger partial charge >= 0.3 is 5.69 Å². The molecule has 0 bridgehead atoms. The van der Waals surface area contributed by atoms with Crippen LogP contribution in [0.15, 0.2) is 58.5 Å². The van der Waals surface area contributed by atoms with Crippen LogP contribution in [0.25, 0.3) is 16.9 Å². The highest BCUT2D eigenvalue weighted by molar-refractivity contribution is 7.92. The predicted octanol–water partition coefficient (Wildman–Crippen LogP) is 3.51. The van der Waals surface area contributed by atoms with E-state index in [1.807, 2.05) is 0 Å². The lowest BCUT2D eigenvalue weighted by Gasteiger charge is -2.28. The normalized spacial score (nSPS) is 12.1. The number of methoxy groups -OCH3 is 2. The molecular weight excluding hydrogens is 508 g/mol. The molecule has 0 spiro atoms. The molecule has 2 heterocycles. The van der Waals surface area contributed by atoms with E-state index in [0.29, 0.717) is 17.9 Å². The summed E-state index contributed by atoms with van der Waals surface area (Å²) in [5.74, 6) is 0.607. The smallest absolute Gasteiger partial charge is 0.332 e. The number of aromatic nitrogens is 4. The summed E-state index contributed by atoms with van der Waals surface area (Å²) < 4.78 is 43.7. The number of H-pyrrole nitrogens is 1. The molecule has 36 heavy (non-hydrogen) atoms. The van der Waals surface area contributed by atoms with E-state index in [4.69, 9.17) is 25.8 Å². The summed E-state index contributed by atoms with van der Waals surface area (Å²) in [7, 11) is -1.04. The van der Waals surface area contributed by atoms with E-state index in [0.717, 1.165) is 0 Å². The molecule has 12 heteroatoms. The Morgan fingerprint density at radius 1 is 1.08 bits per heavy atom. The van der Waals surface area contributed by atoms with Gasteiger partial charge in [0.25, 0.3) is 0 Å². The Balaban J connectivity index is 1.84. The average Bonchev–Trinajstić information content (AvgIpc) is 3.20. The number of nitrogens with one attached hydrogen (secondary N) is 1. The van der Waals surface area contributed by atoms with Crippen LogP contribution in [0, 0.1) is 0 Å². The quantitative estimate of drug-likeness (QED) is 0.325. The zero-order valence-corrected chi connectivity index (χ0v) is 21.7. The largest absolute Gasteiger partial charge is 0.491 e. The second kappa shape index (κ2) is 9.92. The maximum atomic E-state index is 14.0. The minimum absolute atomic E-state index is 0.0270. The van der Waals surface area contributed by atoms with Gasteiger partial charge in [0.05, 0.1) is 34.1 Å². The zero-order valence-electron chi connectivity index (χ0n) is 20.1. The summed E-state index contributed by atoms with van der Waals surface area (Å²) >= 11 is 6.44. The summed E-state index contributed by atoms with van der Waals surface area (Å²) in [6.45, 7) is 3.83. The first kappa shape index (κ1) is 25.7. The van der Waals surface area contributed by atoms with Crippen molar-refractivity contribution in [2.75, 3.05) is 27.4 Å². The van der Waals surface area contributed by atoms with E-state index in [9.17, 15) is 13.2 Å². The second-order valence-corrected chi connectivity index (χ2v) is 11.2. The van der Waals surface area contributed by atoms with E-state index in [1.54, 1.807) is 45.2 Å². The Hall–Kier alpha value is -3.41. The zero-order chi connectivity index (χ0) is 26.1. The number of ether oxygens (including phenoxy) is 3. The van der Waals surface area contributed by atoms with Crippen LogP contribution in [0.2, 0.25) is 5.02 Å². The number of aromatic amines is 1. The van der Waals surface area contributed by atoms with Crippen molar-refractivity contribution in [3.63, 3.8) is 0 Å². The topological polar surface area (TPSA) is 125 Å². The van der Waals surface area contributed by atoms with Gasteiger partial charge in [-0.2, -0.15) is 4.98 Å². The number of benzene rings is 2. The molecule has 0 unspecified atom stereocenters. The third-order valence-corrected chi connectivity index (χ3v) is 8.61. The summed E-state index contributed by atoms with van der Waals surface area (Å²) in [4.78, 5) is 23.6. The molecule has 4 aromatic rings. The van der Waals surface area contributed by atoms with E-state index in [2.05, 4.69) is 15.0 Å². The molecule has 190 valence electrons. The second-order valence-electron chi connectivity index (χ2n) is 8.31. The van der Waals surface area contributed by atoms with Gasteiger partial charge in [-0.05, 0) is 38.1 Å². The first-order chi connectivity index (χ1) is 17.1. The number of para-hydroxylation sites is 1. The number of imidazole rings is 1. The fourth-order valence-corrected chi connectivity index (χ4v) is 5.64. The Morgan fingerprint density at radius 3 is 2.56 bits per heavy atom. The van der Waals surface area contributed by atoms with Gasteiger partial charge in [-0.15, -0.1) is 0 Å². The van der Waals surface area contributed by atoms with Gasteiger partial charge in [-0.1, -0.05) is 29.8 Å². The van der Waals surface area contributed by atoms with Gasteiger partial charge in [0, 0.05) is 12.7 Å². The highest BCUT2D eigenvalue weighted by Crippen LogP contribution is 2.40. The predicted molar refractivity (Wildman–Crippen MR) is 135 cm³/mol. The van der Waals surface area contributed by atoms with Gasteiger partial charge in [0.2, 0.25) is 5.88 Å². The SMILES string of the molecule is COCCOc1ccccc1C(C)(C)S(=O)(=O)c1ccc(Cl)c(-n2c(=O)[nH]c3c(OC)ncnc32)c1. The molecule has 2 aromatic heterocycles. The Morgan fingerprint density at radius 2 is 1.83 bits per heavy atom. The number of hydrogen-bond acceptors (Lipinski definition) is 8. The Labute approximate surface area is 212 Å². The monoisotopic (exact) mass is 532 g/mol. The van der Waals surface area contributed by atoms with Crippen LogP contribution >= 0.6 is 11.6 Å². The molecule has 4 rings (SSSR count). The Bertz CT molecular complexity index is 1580. The van der Waals surface area contributed by atoms with Crippen molar-refractivity contribution in [3.8, 4) is 17.3 Å². The van der Waals surface area contributed by atoms with E-state index < -0.39 is 20.3 Å². The number of rotatable bonds is 9. The van der Waals surface area contributed by atoms with E-state index in [-0.39, 0.29) is 39.3 Å². The lowest BCUT2D eigenvalue weighted by Crippen LogP contribution is -2.30. The number of hydrogen-bond donors (Lipinski definition) is 1. The van der Waals surface area contributed by atoms with Crippen molar-refractivity contribution in [3.05, 3.63) is 69.9 Å². The molecule has 10 nitrogen and oxygen atoms in total. The third kappa shape index (κ3) is 4.34. The summed E-state index contributed by atoms with van der Waals surface area (Å²) in [6, 6.07) is 11.2. The summed E-state index contributed by atoms with van der Waals surface area (Å²) in [5.41, 5.74) is 0.516. The molecule has 0 aliphatic heterocycles. The maximum Gasteiger partial charge on any atom is 0.332 e. The molecular formula is C24H25ClN4O6S. The molecule has 0 atom stereocenters. The van der Waals surface area contributed by atoms with Crippen LogP contribution in [0.4, 0.5) is 0 Å². The fraction of sp³-hybridized carbons (Fsp3) is 0.292. The van der Waals surface area contributed by atoms with Gasteiger partial charge in [0.1, 0.15) is 24.2 Å². The van der Waals surface area contributed by atoms with Crippen LogP contribution < -0.4 is 15.2 Å². The van der Waals surface area contributed by atoms with Crippen molar-refractivity contribution >= 4 is 32.6 Å². The van der Waals surface area contributed by atoms with Crippen molar-refractivity contribution in [1.29, 1.82) is 0 Å². The lowest BCUT2D eigenvalue weighted by atomic mass is 10.0. The maximum absolute atomic E-state index is 14.0. The van der Waals surface area contributed by atoms with Crippen LogP contribution in [-0.2, 0) is 19.3 Å². The van der Waals surface area contributed by atoms with Crippen molar-refractivity contribution < 1.29 is 22.6 Å². The van der Waals surface area contributed by atoms with Gasteiger partial charge < -0.3 is 14.2 Å². The molecule has 0 aliphatic rings. The minimum Gasteiger partial charge on any atom is -0.491 e. The van der Waals surface area contributed by atoms with Gasteiger partial charge in [-0.25, -0.2) is 22.8 Å². The van der Waals surface area contributed by atoms with Crippen LogP contribution in [0.3, 0.4) is 0 Å². The fourth-order valence-electron chi connectivity index (χ4n) is 3.87. The molecule has 0 aliphatic carbocycles. The highest BCUT2D eigenvalue weighted by atomic mass is 35.5. The number of halogens is 1. The first-order valence-corrected chi connectivity index (χ1v) is 12.7. The number of sulfone groups is 1. The molecule has 0 fully saturated rings. The van der Waals surface area contributed by atoms with E-state index >= 15 is 0 Å². The number of nitrogens with zero attached hydrogens (tertiary/aromatic N) is 3. The molecule has 0 saturated carbocycles. The van der Waals surface area contributed by atoms with Gasteiger partial charge in [0.15, 0.2) is 15.5 Å². The van der Waals surface area contributed by atoms with Crippen molar-refractivity contribution in [2.45, 2.75) is 23.5 Å². The van der Waals surface area contributed by atoms with Crippen molar-refractivity contribution in [2.24, 2.45) is 0 Å². The highest BCUT2D eigenvalue weighted by Gasteiger charge is 2.40. The molecule has 0 amide bonds. The van der Waals surface area contributed by atoms with Gasteiger partial charge in [-0.3, -0.25) is 4.98 Å². The van der Waals surface area contributed by atoms with E-state index in [1.165, 1.54) is 36.2 Å². The first-order valence-electron chi connectivity index (χ1n) is 10.9. The summed E-state index contributed by atoms with van der Waals surface area (Å²) in [6.07, 6.45) is 1.24. The number of fused-ring (bicyclic) bond motifs is 1. The molecule has 1 N–H and O–H groups in total. The summed E-state index contributed by atoms with van der Waals surface area (Å²) in [5, 5.41) is 0.163. The average molecular weight is 533 g/mol. The van der Waals surface area contributed by atoms with Crippen molar-refractivity contribution in [1.82, 2.24) is 19.5 Å². The lowest BCUT2D eigenvalue weighted by molar-refractivity contribution is 0.145. The molecule has 0 saturated heterocycles. The third-order valence-electron chi connectivity index (χ3n) is 5.85. The van der Waals surface area contributed by atoms with Crippen LogP contribution in [0.1, 0.15) is 19.4 Å². The van der Waals surface area contributed by atoms with Crippen LogP contribution in [0.5, 0.6) is 11.6 Å².